The Morgan fingerprint density at radius 1 is 1.29 bits per heavy atom. The Hall–Kier alpha value is -1.30. The topological polar surface area (TPSA) is 60.4 Å². The summed E-state index contributed by atoms with van der Waals surface area (Å²) in [5, 5.41) is 0. The maximum absolute atomic E-state index is 5.79. The summed E-state index contributed by atoms with van der Waals surface area (Å²) < 4.78 is 12.2. The first-order chi connectivity index (χ1) is 9.97. The van der Waals surface area contributed by atoms with E-state index in [-0.39, 0.29) is 6.04 Å². The third-order valence-electron chi connectivity index (χ3n) is 3.83. The zero-order valence-electron chi connectivity index (χ0n) is 12.8. The number of methoxy groups -OCH3 is 1. The molecule has 0 saturated carbocycles. The van der Waals surface area contributed by atoms with Crippen LogP contribution in [0.15, 0.2) is 27.1 Å². The lowest BCUT2D eigenvalue weighted by Gasteiger charge is -2.18. The highest BCUT2D eigenvalue weighted by atomic mass is 79.9. The minimum Gasteiger partial charge on any atom is -0.496 e. The van der Waals surface area contributed by atoms with Crippen molar-refractivity contribution in [3.8, 4) is 5.75 Å². The summed E-state index contributed by atoms with van der Waals surface area (Å²) in [5.74, 6) is 8.48. The molecular formula is C16H21BrN2O2. The number of nitrogens with two attached hydrogens (primary N) is 1. The summed E-state index contributed by atoms with van der Waals surface area (Å²) >= 11 is 3.50. The molecule has 1 heterocycles. The number of benzene rings is 1. The van der Waals surface area contributed by atoms with Gasteiger partial charge in [-0.25, -0.2) is 0 Å². The van der Waals surface area contributed by atoms with E-state index in [1.165, 1.54) is 0 Å². The maximum atomic E-state index is 5.79. The van der Waals surface area contributed by atoms with Gasteiger partial charge in [0.15, 0.2) is 0 Å². The number of rotatable bonds is 5. The van der Waals surface area contributed by atoms with Gasteiger partial charge in [0.1, 0.15) is 17.3 Å². The Morgan fingerprint density at radius 3 is 2.52 bits per heavy atom. The van der Waals surface area contributed by atoms with E-state index >= 15 is 0 Å². The van der Waals surface area contributed by atoms with Gasteiger partial charge in [0.2, 0.25) is 0 Å². The van der Waals surface area contributed by atoms with Crippen LogP contribution < -0.4 is 16.0 Å². The summed E-state index contributed by atoms with van der Waals surface area (Å²) in [5.41, 5.74) is 6.26. The van der Waals surface area contributed by atoms with Crippen LogP contribution in [0.5, 0.6) is 5.75 Å². The first-order valence-corrected chi connectivity index (χ1v) is 7.62. The molecule has 0 fully saturated rings. The molecule has 0 aliphatic carbocycles. The van der Waals surface area contributed by atoms with Crippen LogP contribution in [0.2, 0.25) is 0 Å². The SMILES string of the molecule is COc1ccc(Br)cc1CC(NN)c1c(C)oc(C)c1C. The molecule has 21 heavy (non-hydrogen) atoms. The van der Waals surface area contributed by atoms with Gasteiger partial charge in [0, 0.05) is 10.0 Å². The number of hydrogen-bond acceptors (Lipinski definition) is 4. The van der Waals surface area contributed by atoms with Crippen LogP contribution in [0.1, 0.15) is 34.3 Å². The molecule has 5 heteroatoms. The van der Waals surface area contributed by atoms with Crippen molar-refractivity contribution in [1.82, 2.24) is 5.43 Å². The second-order valence-corrected chi connectivity index (χ2v) is 6.05. The van der Waals surface area contributed by atoms with Gasteiger partial charge in [-0.15, -0.1) is 0 Å². The van der Waals surface area contributed by atoms with Crippen molar-refractivity contribution in [2.24, 2.45) is 5.84 Å². The highest BCUT2D eigenvalue weighted by Crippen LogP contribution is 2.32. The van der Waals surface area contributed by atoms with Gasteiger partial charge >= 0.3 is 0 Å². The van der Waals surface area contributed by atoms with Gasteiger partial charge < -0.3 is 9.15 Å². The quantitative estimate of drug-likeness (QED) is 0.635. The zero-order valence-corrected chi connectivity index (χ0v) is 14.4. The van der Waals surface area contributed by atoms with Crippen LogP contribution in [0.25, 0.3) is 0 Å². The van der Waals surface area contributed by atoms with Gasteiger partial charge in [-0.3, -0.25) is 11.3 Å². The van der Waals surface area contributed by atoms with Gasteiger partial charge in [0.25, 0.3) is 0 Å². The van der Waals surface area contributed by atoms with E-state index in [0.29, 0.717) is 0 Å². The summed E-state index contributed by atoms with van der Waals surface area (Å²) in [6.07, 6.45) is 0.722. The average molecular weight is 353 g/mol. The fourth-order valence-electron chi connectivity index (χ4n) is 2.69. The van der Waals surface area contributed by atoms with Crippen molar-refractivity contribution in [3.63, 3.8) is 0 Å². The summed E-state index contributed by atoms with van der Waals surface area (Å²) in [6.45, 7) is 6.00. The minimum absolute atomic E-state index is 0.0225. The van der Waals surface area contributed by atoms with Crippen molar-refractivity contribution < 1.29 is 9.15 Å². The fraction of sp³-hybridized carbons (Fsp3) is 0.375. The molecule has 0 bridgehead atoms. The molecule has 0 aliphatic rings. The van der Waals surface area contributed by atoms with Crippen molar-refractivity contribution in [2.45, 2.75) is 33.2 Å². The second-order valence-electron chi connectivity index (χ2n) is 5.13. The molecule has 0 amide bonds. The normalized spacial score (nSPS) is 12.5. The van der Waals surface area contributed by atoms with Crippen LogP contribution in [0.3, 0.4) is 0 Å². The molecule has 0 saturated heterocycles. The van der Waals surface area contributed by atoms with Crippen molar-refractivity contribution in [1.29, 1.82) is 0 Å². The molecule has 1 atom stereocenters. The average Bonchev–Trinajstić information content (AvgIpc) is 2.70. The highest BCUT2D eigenvalue weighted by Gasteiger charge is 2.21. The van der Waals surface area contributed by atoms with E-state index in [1.807, 2.05) is 26.0 Å². The number of aryl methyl sites for hydroxylation is 2. The molecule has 0 aliphatic heterocycles. The highest BCUT2D eigenvalue weighted by molar-refractivity contribution is 9.10. The molecule has 0 radical (unpaired) electrons. The molecular weight excluding hydrogens is 332 g/mol. The number of halogens is 1. The molecule has 3 N–H and O–H groups in total. The van der Waals surface area contributed by atoms with Gasteiger partial charge in [-0.1, -0.05) is 15.9 Å². The lowest BCUT2D eigenvalue weighted by molar-refractivity contribution is 0.405. The molecule has 2 aromatic rings. The van der Waals surface area contributed by atoms with E-state index in [9.17, 15) is 0 Å². The minimum atomic E-state index is -0.0225. The van der Waals surface area contributed by atoms with E-state index in [2.05, 4.69) is 34.3 Å². The van der Waals surface area contributed by atoms with Crippen LogP contribution in [0.4, 0.5) is 0 Å². The number of ether oxygens (including phenoxy) is 1. The molecule has 4 nitrogen and oxygen atoms in total. The monoisotopic (exact) mass is 352 g/mol. The second kappa shape index (κ2) is 6.64. The fourth-order valence-corrected chi connectivity index (χ4v) is 3.10. The first-order valence-electron chi connectivity index (χ1n) is 6.83. The Balaban J connectivity index is 2.38. The van der Waals surface area contributed by atoms with Gasteiger partial charge in [0.05, 0.1) is 13.2 Å². The van der Waals surface area contributed by atoms with Crippen molar-refractivity contribution in [2.75, 3.05) is 7.11 Å². The Morgan fingerprint density at radius 2 is 2.00 bits per heavy atom. The first kappa shape index (κ1) is 16.1. The maximum Gasteiger partial charge on any atom is 0.122 e. The number of nitrogens with one attached hydrogen (secondary N) is 1. The number of hydrogen-bond donors (Lipinski definition) is 2. The van der Waals surface area contributed by atoms with E-state index in [4.69, 9.17) is 15.0 Å². The van der Waals surface area contributed by atoms with Crippen LogP contribution in [-0.2, 0) is 6.42 Å². The van der Waals surface area contributed by atoms with Crippen LogP contribution in [-0.4, -0.2) is 7.11 Å². The van der Waals surface area contributed by atoms with Crippen LogP contribution >= 0.6 is 15.9 Å². The van der Waals surface area contributed by atoms with Gasteiger partial charge in [-0.2, -0.15) is 0 Å². The molecule has 0 spiro atoms. The van der Waals surface area contributed by atoms with Crippen molar-refractivity contribution in [3.05, 3.63) is 50.9 Å². The zero-order chi connectivity index (χ0) is 15.6. The number of furan rings is 1. The van der Waals surface area contributed by atoms with Crippen LogP contribution in [0, 0.1) is 20.8 Å². The van der Waals surface area contributed by atoms with E-state index in [1.54, 1.807) is 7.11 Å². The lowest BCUT2D eigenvalue weighted by Crippen LogP contribution is -2.30. The Bertz CT molecular complexity index is 637. The van der Waals surface area contributed by atoms with E-state index < -0.39 is 0 Å². The van der Waals surface area contributed by atoms with Crippen molar-refractivity contribution >= 4 is 15.9 Å². The summed E-state index contributed by atoms with van der Waals surface area (Å²) in [4.78, 5) is 0. The predicted octanol–water partition coefficient (Wildman–Crippen LogP) is 3.72. The van der Waals surface area contributed by atoms with E-state index in [0.717, 1.165) is 44.9 Å². The largest absolute Gasteiger partial charge is 0.496 e. The number of hydrazine groups is 1. The Labute approximate surface area is 133 Å². The molecule has 114 valence electrons. The third kappa shape index (κ3) is 3.31. The standard InChI is InChI=1S/C16H21BrN2O2/c1-9-10(2)21-11(3)16(9)14(19-18)8-12-7-13(17)5-6-15(12)20-4/h5-7,14,19H,8,18H2,1-4H3. The predicted molar refractivity (Wildman–Crippen MR) is 87.4 cm³/mol. The third-order valence-corrected chi connectivity index (χ3v) is 4.33. The Kier molecular flexibility index (Phi) is 5.08. The molecule has 1 aromatic carbocycles. The molecule has 2 rings (SSSR count). The smallest absolute Gasteiger partial charge is 0.122 e. The molecule has 1 unspecified atom stereocenters. The summed E-state index contributed by atoms with van der Waals surface area (Å²) in [7, 11) is 1.68. The lowest BCUT2D eigenvalue weighted by atomic mass is 9.96. The molecule has 1 aromatic heterocycles. The summed E-state index contributed by atoms with van der Waals surface area (Å²) in [6, 6.07) is 5.95. The van der Waals surface area contributed by atoms with Gasteiger partial charge in [-0.05, 0) is 56.5 Å².